The fourth-order valence-corrected chi connectivity index (χ4v) is 6.80. The maximum atomic E-state index is 13.4. The van der Waals surface area contributed by atoms with Gasteiger partial charge in [-0.3, -0.25) is 4.79 Å². The first-order chi connectivity index (χ1) is 17.0. The highest BCUT2D eigenvalue weighted by Crippen LogP contribution is 2.39. The van der Waals surface area contributed by atoms with Crippen LogP contribution in [-0.4, -0.2) is 56.4 Å². The molecular weight excluding hydrogens is 464 g/mol. The second-order valence-electron chi connectivity index (χ2n) is 9.34. The number of esters is 1. The van der Waals surface area contributed by atoms with Crippen molar-refractivity contribution in [2.45, 2.75) is 49.4 Å². The van der Waals surface area contributed by atoms with E-state index >= 15 is 0 Å². The second-order valence-corrected chi connectivity index (χ2v) is 10.6. The molecule has 3 atom stereocenters. The third-order valence-corrected chi connectivity index (χ3v) is 8.61. The number of benzene rings is 2. The molecule has 35 heavy (non-hydrogen) atoms. The van der Waals surface area contributed by atoms with Crippen molar-refractivity contribution in [3.8, 4) is 11.5 Å². The molecule has 2 N–H and O–H groups in total. The fraction of sp³-hybridized carbons (Fsp3) is 0.481. The summed E-state index contributed by atoms with van der Waals surface area (Å²) in [5.41, 5.74) is 1.41. The van der Waals surface area contributed by atoms with Crippen LogP contribution in [0.1, 0.15) is 30.4 Å². The zero-order valence-corrected chi connectivity index (χ0v) is 21.4. The number of methoxy groups -OCH3 is 3. The standard InChI is InChI=1S/C27H34N2O5S/c1-32-20-10-6-18(7-11-20)15-27(25(30)34-3,16-19-8-12-21(33-2)13-9-19)14-4-5-23-24-22(17-35-23)28-26(31)29-24/h6-13,22-24H,4-5,14-17H2,1-3H3,(H2,28,29,31)/t22-,23-,24-/m0/s1. The number of rotatable bonds is 11. The molecule has 2 aliphatic heterocycles. The Hall–Kier alpha value is -2.87. The van der Waals surface area contributed by atoms with Gasteiger partial charge in [-0.15, -0.1) is 0 Å². The van der Waals surface area contributed by atoms with Crippen LogP contribution < -0.4 is 20.1 Å². The molecule has 0 spiro atoms. The summed E-state index contributed by atoms with van der Waals surface area (Å²) in [5, 5.41) is 6.40. The second kappa shape index (κ2) is 11.2. The Bertz CT molecular complexity index is 962. The normalized spacial score (nSPS) is 21.1. The minimum absolute atomic E-state index is 0.0757. The van der Waals surface area contributed by atoms with Crippen LogP contribution >= 0.6 is 11.8 Å². The smallest absolute Gasteiger partial charge is 0.315 e. The van der Waals surface area contributed by atoms with Gasteiger partial charge in [-0.1, -0.05) is 30.7 Å². The Balaban J connectivity index is 1.54. The highest BCUT2D eigenvalue weighted by Gasteiger charge is 2.44. The molecule has 0 bridgehead atoms. The van der Waals surface area contributed by atoms with Gasteiger partial charge in [0.25, 0.3) is 0 Å². The molecule has 0 unspecified atom stereocenters. The number of carbonyl (C=O) groups is 2. The number of nitrogens with one attached hydrogen (secondary N) is 2. The van der Waals surface area contributed by atoms with E-state index in [1.165, 1.54) is 7.11 Å². The molecule has 0 radical (unpaired) electrons. The lowest BCUT2D eigenvalue weighted by Gasteiger charge is -2.32. The molecule has 2 saturated heterocycles. The molecule has 2 heterocycles. The van der Waals surface area contributed by atoms with E-state index in [9.17, 15) is 9.59 Å². The predicted molar refractivity (Wildman–Crippen MR) is 137 cm³/mol. The molecular formula is C27H34N2O5S. The van der Waals surface area contributed by atoms with Crippen LogP contribution in [-0.2, 0) is 22.4 Å². The maximum Gasteiger partial charge on any atom is 0.315 e. The highest BCUT2D eigenvalue weighted by atomic mass is 32.2. The summed E-state index contributed by atoms with van der Waals surface area (Å²) in [7, 11) is 4.76. The van der Waals surface area contributed by atoms with Gasteiger partial charge < -0.3 is 24.8 Å². The molecule has 7 nitrogen and oxygen atoms in total. The summed E-state index contributed by atoms with van der Waals surface area (Å²) >= 11 is 1.90. The van der Waals surface area contributed by atoms with E-state index in [0.717, 1.165) is 41.2 Å². The van der Waals surface area contributed by atoms with Gasteiger partial charge in [0.2, 0.25) is 0 Å². The van der Waals surface area contributed by atoms with Gasteiger partial charge in [0.15, 0.2) is 0 Å². The third-order valence-electron chi connectivity index (χ3n) is 7.10. The van der Waals surface area contributed by atoms with Crippen molar-refractivity contribution in [2.75, 3.05) is 27.1 Å². The average Bonchev–Trinajstić information content (AvgIpc) is 3.43. The molecule has 2 aromatic rings. The third kappa shape index (κ3) is 5.86. The first-order valence-corrected chi connectivity index (χ1v) is 13.0. The largest absolute Gasteiger partial charge is 0.497 e. The van der Waals surface area contributed by atoms with Crippen LogP contribution in [0.5, 0.6) is 11.5 Å². The first kappa shape index (κ1) is 25.2. The van der Waals surface area contributed by atoms with Crippen molar-refractivity contribution < 1.29 is 23.8 Å². The molecule has 0 saturated carbocycles. The van der Waals surface area contributed by atoms with Gasteiger partial charge in [-0.05, 0) is 61.1 Å². The summed E-state index contributed by atoms with van der Waals surface area (Å²) in [5.74, 6) is 2.30. The lowest BCUT2D eigenvalue weighted by Crippen LogP contribution is -2.39. The van der Waals surface area contributed by atoms with Gasteiger partial charge in [0, 0.05) is 11.0 Å². The van der Waals surface area contributed by atoms with Gasteiger partial charge >= 0.3 is 12.0 Å². The topological polar surface area (TPSA) is 85.9 Å². The van der Waals surface area contributed by atoms with Crippen molar-refractivity contribution in [3.05, 3.63) is 59.7 Å². The van der Waals surface area contributed by atoms with Gasteiger partial charge in [-0.2, -0.15) is 11.8 Å². The Morgan fingerprint density at radius 2 is 1.51 bits per heavy atom. The minimum atomic E-state index is -0.711. The zero-order valence-electron chi connectivity index (χ0n) is 20.5. The van der Waals surface area contributed by atoms with E-state index in [1.807, 2.05) is 60.3 Å². The van der Waals surface area contributed by atoms with Crippen LogP contribution in [0.2, 0.25) is 0 Å². The first-order valence-electron chi connectivity index (χ1n) is 12.0. The number of urea groups is 1. The number of hydrogen-bond acceptors (Lipinski definition) is 6. The number of fused-ring (bicyclic) bond motifs is 1. The van der Waals surface area contributed by atoms with Crippen LogP contribution in [0.3, 0.4) is 0 Å². The van der Waals surface area contributed by atoms with Crippen LogP contribution in [0.15, 0.2) is 48.5 Å². The molecule has 4 rings (SSSR count). The quantitative estimate of drug-likeness (QED) is 0.360. The fourth-order valence-electron chi connectivity index (χ4n) is 5.26. The maximum absolute atomic E-state index is 13.4. The lowest BCUT2D eigenvalue weighted by molar-refractivity contribution is -0.153. The summed E-state index contributed by atoms with van der Waals surface area (Å²) in [6.45, 7) is 0. The van der Waals surface area contributed by atoms with E-state index in [-0.39, 0.29) is 24.1 Å². The Morgan fingerprint density at radius 1 is 0.943 bits per heavy atom. The number of hydrogen-bond donors (Lipinski definition) is 2. The van der Waals surface area contributed by atoms with Crippen molar-refractivity contribution in [1.82, 2.24) is 10.6 Å². The molecule has 2 amide bonds. The number of ether oxygens (including phenoxy) is 3. The summed E-state index contributed by atoms with van der Waals surface area (Å²) in [6.07, 6.45) is 3.61. The molecule has 8 heteroatoms. The van der Waals surface area contributed by atoms with Gasteiger partial charge in [0.05, 0.1) is 38.8 Å². The Labute approximate surface area is 211 Å². The molecule has 2 fully saturated rings. The summed E-state index contributed by atoms with van der Waals surface area (Å²) < 4.78 is 16.0. The number of amides is 2. The number of carbonyl (C=O) groups excluding carboxylic acids is 2. The summed E-state index contributed by atoms with van der Waals surface area (Å²) in [6, 6.07) is 16.0. The van der Waals surface area contributed by atoms with Gasteiger partial charge in [0.1, 0.15) is 11.5 Å². The SMILES string of the molecule is COC(=O)C(CCC[C@@H]1SC[C@@H]2NC(=O)N[C@@H]21)(Cc1ccc(OC)cc1)Cc1ccc(OC)cc1. The van der Waals surface area contributed by atoms with E-state index in [0.29, 0.717) is 24.5 Å². The minimum Gasteiger partial charge on any atom is -0.497 e. The monoisotopic (exact) mass is 498 g/mol. The summed E-state index contributed by atoms with van der Waals surface area (Å²) in [4.78, 5) is 25.1. The van der Waals surface area contributed by atoms with Crippen LogP contribution in [0.25, 0.3) is 0 Å². The van der Waals surface area contributed by atoms with Gasteiger partial charge in [-0.25, -0.2) is 4.79 Å². The lowest BCUT2D eigenvalue weighted by atomic mass is 9.72. The molecule has 0 aliphatic carbocycles. The van der Waals surface area contributed by atoms with Crippen molar-refractivity contribution in [1.29, 1.82) is 0 Å². The van der Waals surface area contributed by atoms with E-state index in [2.05, 4.69) is 10.6 Å². The van der Waals surface area contributed by atoms with E-state index in [1.54, 1.807) is 14.2 Å². The van der Waals surface area contributed by atoms with E-state index < -0.39 is 5.41 Å². The number of thioether (sulfide) groups is 1. The van der Waals surface area contributed by atoms with Crippen molar-refractivity contribution in [2.24, 2.45) is 5.41 Å². The zero-order chi connectivity index (χ0) is 24.8. The van der Waals surface area contributed by atoms with Crippen molar-refractivity contribution >= 4 is 23.8 Å². The Kier molecular flexibility index (Phi) is 8.11. The highest BCUT2D eigenvalue weighted by molar-refractivity contribution is 8.00. The molecule has 2 aromatic carbocycles. The van der Waals surface area contributed by atoms with Crippen LogP contribution in [0.4, 0.5) is 4.79 Å². The predicted octanol–water partition coefficient (Wildman–Crippen LogP) is 3.98. The van der Waals surface area contributed by atoms with Crippen LogP contribution in [0, 0.1) is 5.41 Å². The average molecular weight is 499 g/mol. The van der Waals surface area contributed by atoms with E-state index in [4.69, 9.17) is 14.2 Å². The molecule has 2 aliphatic rings. The molecule has 0 aromatic heterocycles. The Morgan fingerprint density at radius 3 is 2.03 bits per heavy atom. The van der Waals surface area contributed by atoms with Crippen molar-refractivity contribution in [3.63, 3.8) is 0 Å². The molecule has 188 valence electrons.